The molecule has 4 nitrogen and oxygen atoms in total. The first-order valence-corrected chi connectivity index (χ1v) is 6.96. The molecule has 3 aliphatic rings. The first-order chi connectivity index (χ1) is 9.19. The van der Waals surface area contributed by atoms with Gasteiger partial charge in [-0.05, 0) is 48.8 Å². The molecule has 0 amide bonds. The van der Waals surface area contributed by atoms with Crippen molar-refractivity contribution in [1.29, 1.82) is 0 Å². The van der Waals surface area contributed by atoms with Gasteiger partial charge in [-0.1, -0.05) is 6.07 Å². The quantitative estimate of drug-likeness (QED) is 0.841. The number of rotatable bonds is 1. The van der Waals surface area contributed by atoms with Crippen molar-refractivity contribution in [3.05, 3.63) is 23.8 Å². The molecule has 1 aromatic rings. The van der Waals surface area contributed by atoms with Crippen molar-refractivity contribution in [2.24, 2.45) is 11.1 Å². The van der Waals surface area contributed by atoms with Crippen LogP contribution in [-0.2, 0) is 10.3 Å². The van der Waals surface area contributed by atoms with Crippen molar-refractivity contribution in [3.63, 3.8) is 0 Å². The van der Waals surface area contributed by atoms with Gasteiger partial charge in [-0.2, -0.15) is 0 Å². The molecule has 4 heteroatoms. The minimum atomic E-state index is -0.196. The molecule has 0 radical (unpaired) electrons. The second-order valence-corrected chi connectivity index (χ2v) is 6.19. The summed E-state index contributed by atoms with van der Waals surface area (Å²) in [5.41, 5.74) is 7.99. The number of fused-ring (bicyclic) bond motifs is 1. The average Bonchev–Trinajstić information content (AvgIpc) is 2.85. The Balaban J connectivity index is 1.56. The van der Waals surface area contributed by atoms with Crippen molar-refractivity contribution in [2.45, 2.75) is 31.2 Å². The first kappa shape index (κ1) is 11.6. The molecule has 1 aromatic carbocycles. The van der Waals surface area contributed by atoms with Crippen LogP contribution in [0, 0.1) is 5.41 Å². The number of ether oxygens (including phenoxy) is 3. The van der Waals surface area contributed by atoms with Gasteiger partial charge in [0.15, 0.2) is 11.5 Å². The molecular formula is C15H19NO3. The molecule has 2 aliphatic heterocycles. The predicted octanol–water partition coefficient (Wildman–Crippen LogP) is 2.16. The fourth-order valence-electron chi connectivity index (χ4n) is 3.85. The van der Waals surface area contributed by atoms with E-state index < -0.39 is 0 Å². The average molecular weight is 261 g/mol. The third-order valence-electron chi connectivity index (χ3n) is 4.88. The molecule has 1 spiro atoms. The molecule has 4 rings (SSSR count). The van der Waals surface area contributed by atoms with E-state index in [1.807, 2.05) is 6.07 Å². The molecule has 0 aromatic heterocycles. The molecule has 2 heterocycles. The van der Waals surface area contributed by atoms with E-state index in [0.717, 1.165) is 50.4 Å². The Morgan fingerprint density at radius 3 is 2.53 bits per heavy atom. The van der Waals surface area contributed by atoms with Gasteiger partial charge in [0.25, 0.3) is 0 Å². The Hall–Kier alpha value is -1.26. The van der Waals surface area contributed by atoms with Crippen LogP contribution in [0.15, 0.2) is 18.2 Å². The van der Waals surface area contributed by atoms with E-state index in [-0.39, 0.29) is 5.54 Å². The maximum absolute atomic E-state index is 6.59. The first-order valence-electron chi connectivity index (χ1n) is 6.96. The summed E-state index contributed by atoms with van der Waals surface area (Å²) in [4.78, 5) is 0. The van der Waals surface area contributed by atoms with Gasteiger partial charge in [-0.25, -0.2) is 0 Å². The van der Waals surface area contributed by atoms with Gasteiger partial charge in [0, 0.05) is 18.8 Å². The molecule has 1 saturated carbocycles. The van der Waals surface area contributed by atoms with Gasteiger partial charge in [-0.3, -0.25) is 0 Å². The van der Waals surface area contributed by atoms with Gasteiger partial charge in [0.1, 0.15) is 0 Å². The standard InChI is InChI=1S/C15H19NO3/c16-15(8-14(9-15)3-5-17-6-4-14)11-1-2-12-13(7-11)19-10-18-12/h1-2,7H,3-6,8-10,16H2. The minimum Gasteiger partial charge on any atom is -0.454 e. The van der Waals surface area contributed by atoms with Crippen LogP contribution in [0.4, 0.5) is 0 Å². The van der Waals surface area contributed by atoms with E-state index in [1.165, 1.54) is 5.56 Å². The summed E-state index contributed by atoms with van der Waals surface area (Å²) in [7, 11) is 0. The SMILES string of the molecule is NC1(c2ccc3c(c2)OCO3)CC2(CCOCC2)C1. The molecule has 102 valence electrons. The van der Waals surface area contributed by atoms with Gasteiger partial charge >= 0.3 is 0 Å². The van der Waals surface area contributed by atoms with E-state index in [9.17, 15) is 0 Å². The minimum absolute atomic E-state index is 0.196. The van der Waals surface area contributed by atoms with Crippen LogP contribution in [0.25, 0.3) is 0 Å². The molecule has 19 heavy (non-hydrogen) atoms. The number of nitrogens with two attached hydrogens (primary N) is 1. The maximum atomic E-state index is 6.59. The van der Waals surface area contributed by atoms with Gasteiger partial charge < -0.3 is 19.9 Å². The highest BCUT2D eigenvalue weighted by Gasteiger charge is 2.53. The second kappa shape index (κ2) is 3.87. The van der Waals surface area contributed by atoms with Gasteiger partial charge in [-0.15, -0.1) is 0 Å². The van der Waals surface area contributed by atoms with E-state index >= 15 is 0 Å². The Morgan fingerprint density at radius 2 is 1.74 bits per heavy atom. The van der Waals surface area contributed by atoms with Crippen LogP contribution in [0.3, 0.4) is 0 Å². The van der Waals surface area contributed by atoms with E-state index in [2.05, 4.69) is 12.1 Å². The summed E-state index contributed by atoms with van der Waals surface area (Å²) in [5, 5.41) is 0. The number of benzene rings is 1. The van der Waals surface area contributed by atoms with Crippen LogP contribution in [0.2, 0.25) is 0 Å². The lowest BCUT2D eigenvalue weighted by molar-refractivity contribution is -0.0725. The van der Waals surface area contributed by atoms with Crippen LogP contribution in [0.1, 0.15) is 31.2 Å². The normalized spacial score (nSPS) is 26.2. The van der Waals surface area contributed by atoms with E-state index in [1.54, 1.807) is 0 Å². The summed E-state index contributed by atoms with van der Waals surface area (Å²) in [6.45, 7) is 2.09. The molecule has 1 saturated heterocycles. The lowest BCUT2D eigenvalue weighted by Crippen LogP contribution is -2.57. The highest BCUT2D eigenvalue weighted by atomic mass is 16.7. The number of hydrogen-bond acceptors (Lipinski definition) is 4. The summed E-state index contributed by atoms with van der Waals surface area (Å²) in [6.07, 6.45) is 4.42. The molecule has 2 fully saturated rings. The Morgan fingerprint density at radius 1 is 1.00 bits per heavy atom. The fraction of sp³-hybridized carbons (Fsp3) is 0.600. The highest BCUT2D eigenvalue weighted by molar-refractivity contribution is 5.47. The Kier molecular flexibility index (Phi) is 2.35. The Bertz CT molecular complexity index is 500. The number of hydrogen-bond donors (Lipinski definition) is 1. The van der Waals surface area contributed by atoms with Crippen LogP contribution in [-0.4, -0.2) is 20.0 Å². The summed E-state index contributed by atoms with van der Waals surface area (Å²) >= 11 is 0. The lowest BCUT2D eigenvalue weighted by Gasteiger charge is -2.56. The fourth-order valence-corrected chi connectivity index (χ4v) is 3.85. The van der Waals surface area contributed by atoms with Crippen LogP contribution >= 0.6 is 0 Å². The van der Waals surface area contributed by atoms with Crippen molar-refractivity contribution in [1.82, 2.24) is 0 Å². The topological polar surface area (TPSA) is 53.7 Å². The maximum Gasteiger partial charge on any atom is 0.231 e. The van der Waals surface area contributed by atoms with Gasteiger partial charge in [0.05, 0.1) is 0 Å². The van der Waals surface area contributed by atoms with Gasteiger partial charge in [0.2, 0.25) is 6.79 Å². The summed E-state index contributed by atoms with van der Waals surface area (Å²) in [5.74, 6) is 1.66. The molecule has 0 unspecified atom stereocenters. The second-order valence-electron chi connectivity index (χ2n) is 6.19. The highest BCUT2D eigenvalue weighted by Crippen LogP contribution is 2.58. The van der Waals surface area contributed by atoms with E-state index in [0.29, 0.717) is 12.2 Å². The monoisotopic (exact) mass is 261 g/mol. The smallest absolute Gasteiger partial charge is 0.231 e. The van der Waals surface area contributed by atoms with Crippen molar-refractivity contribution >= 4 is 0 Å². The largest absolute Gasteiger partial charge is 0.454 e. The molecule has 0 bridgehead atoms. The summed E-state index contributed by atoms with van der Waals surface area (Å²) in [6, 6.07) is 6.11. The third kappa shape index (κ3) is 1.74. The van der Waals surface area contributed by atoms with E-state index in [4.69, 9.17) is 19.9 Å². The molecule has 0 atom stereocenters. The van der Waals surface area contributed by atoms with Crippen LogP contribution in [0.5, 0.6) is 11.5 Å². The van der Waals surface area contributed by atoms with Crippen molar-refractivity contribution in [3.8, 4) is 11.5 Å². The van der Waals surface area contributed by atoms with Crippen molar-refractivity contribution < 1.29 is 14.2 Å². The molecule has 1 aliphatic carbocycles. The van der Waals surface area contributed by atoms with Crippen molar-refractivity contribution in [2.75, 3.05) is 20.0 Å². The lowest BCUT2D eigenvalue weighted by atomic mass is 9.52. The zero-order valence-corrected chi connectivity index (χ0v) is 11.0. The van der Waals surface area contributed by atoms with Crippen LogP contribution < -0.4 is 15.2 Å². The molecular weight excluding hydrogens is 242 g/mol. The zero-order chi connectivity index (χ0) is 12.9. The summed E-state index contributed by atoms with van der Waals surface area (Å²) < 4.78 is 16.2. The Labute approximate surface area is 112 Å². The molecule has 2 N–H and O–H groups in total. The third-order valence-corrected chi connectivity index (χ3v) is 4.88. The zero-order valence-electron chi connectivity index (χ0n) is 11.0. The predicted molar refractivity (Wildman–Crippen MR) is 70.2 cm³/mol.